The molecule has 0 aromatic carbocycles. The molecular formula is C13H13F3N4O. The van der Waals surface area contributed by atoms with Crippen molar-refractivity contribution < 1.29 is 18.0 Å². The number of fused-ring (bicyclic) bond motifs is 3. The Morgan fingerprint density at radius 1 is 1.43 bits per heavy atom. The average Bonchev–Trinajstić information content (AvgIpc) is 2.46. The first-order valence-corrected chi connectivity index (χ1v) is 6.44. The molecule has 112 valence electrons. The minimum absolute atomic E-state index is 0.177. The summed E-state index contributed by atoms with van der Waals surface area (Å²) in [4.78, 5) is 19.0. The molecule has 1 fully saturated rings. The number of carbonyl (C=O) groups is 1. The number of alkyl halides is 3. The van der Waals surface area contributed by atoms with E-state index in [1.807, 2.05) is 0 Å². The smallest absolute Gasteiger partial charge is 0.340 e. The second-order valence-corrected chi connectivity index (χ2v) is 4.84. The van der Waals surface area contributed by atoms with Crippen molar-refractivity contribution in [2.75, 3.05) is 29.4 Å². The summed E-state index contributed by atoms with van der Waals surface area (Å²) in [6.07, 6.45) is -3.21. The number of nitrogens with one attached hydrogen (secondary N) is 1. The zero-order chi connectivity index (χ0) is 15.2. The first-order chi connectivity index (χ1) is 9.93. The van der Waals surface area contributed by atoms with Crippen LogP contribution in [0.15, 0.2) is 24.9 Å². The van der Waals surface area contributed by atoms with Gasteiger partial charge in [-0.15, -0.1) is 0 Å². The van der Waals surface area contributed by atoms with Crippen molar-refractivity contribution in [2.45, 2.75) is 12.2 Å². The third-order valence-electron chi connectivity index (χ3n) is 3.63. The third kappa shape index (κ3) is 2.15. The zero-order valence-corrected chi connectivity index (χ0v) is 11.0. The summed E-state index contributed by atoms with van der Waals surface area (Å²) in [6, 6.07) is 1.59. The lowest BCUT2D eigenvalue weighted by molar-refractivity contribution is -0.141. The van der Waals surface area contributed by atoms with Crippen molar-refractivity contribution >= 4 is 17.4 Å². The topological polar surface area (TPSA) is 48.5 Å². The zero-order valence-electron chi connectivity index (χ0n) is 11.0. The fourth-order valence-corrected chi connectivity index (χ4v) is 2.64. The van der Waals surface area contributed by atoms with Crippen LogP contribution in [0.1, 0.15) is 5.69 Å². The van der Waals surface area contributed by atoms with E-state index in [9.17, 15) is 18.0 Å². The highest BCUT2D eigenvalue weighted by molar-refractivity contribution is 6.06. The van der Waals surface area contributed by atoms with Crippen LogP contribution in [0.5, 0.6) is 0 Å². The Morgan fingerprint density at radius 3 is 2.86 bits per heavy atom. The second-order valence-electron chi connectivity index (χ2n) is 4.84. The monoisotopic (exact) mass is 298 g/mol. The van der Waals surface area contributed by atoms with Gasteiger partial charge in [0.2, 0.25) is 0 Å². The SMILES string of the molecule is C=CN1C(=O)C2CNCCN2c2nc(C(F)(F)F)ccc21. The maximum Gasteiger partial charge on any atom is 0.433 e. The number of amides is 1. The quantitative estimate of drug-likeness (QED) is 0.851. The van der Waals surface area contributed by atoms with Gasteiger partial charge in [-0.05, 0) is 12.1 Å². The van der Waals surface area contributed by atoms with Gasteiger partial charge in [0, 0.05) is 25.8 Å². The first kappa shape index (κ1) is 13.9. The molecule has 0 spiro atoms. The summed E-state index contributed by atoms with van der Waals surface area (Å²) in [6.45, 7) is 4.96. The summed E-state index contributed by atoms with van der Waals surface area (Å²) < 4.78 is 38.5. The minimum Gasteiger partial charge on any atom is -0.340 e. The van der Waals surface area contributed by atoms with E-state index in [4.69, 9.17) is 0 Å². The molecule has 1 aromatic rings. The van der Waals surface area contributed by atoms with Gasteiger partial charge in [0.15, 0.2) is 5.82 Å². The average molecular weight is 298 g/mol. The van der Waals surface area contributed by atoms with Crippen LogP contribution in [-0.4, -0.2) is 36.6 Å². The van der Waals surface area contributed by atoms with Gasteiger partial charge in [-0.3, -0.25) is 9.69 Å². The molecule has 1 amide bonds. The van der Waals surface area contributed by atoms with Crippen molar-refractivity contribution in [1.29, 1.82) is 0 Å². The van der Waals surface area contributed by atoms with Crippen LogP contribution >= 0.6 is 0 Å². The number of piperazine rings is 1. The van der Waals surface area contributed by atoms with Crippen molar-refractivity contribution in [3.05, 3.63) is 30.6 Å². The Hall–Kier alpha value is -2.09. The maximum atomic E-state index is 12.8. The highest BCUT2D eigenvalue weighted by Gasteiger charge is 2.41. The Morgan fingerprint density at radius 2 is 2.19 bits per heavy atom. The van der Waals surface area contributed by atoms with E-state index in [2.05, 4.69) is 16.9 Å². The lowest BCUT2D eigenvalue weighted by Crippen LogP contribution is -2.61. The number of anilines is 2. The van der Waals surface area contributed by atoms with Crippen molar-refractivity contribution in [3.8, 4) is 0 Å². The molecule has 1 aromatic heterocycles. The van der Waals surface area contributed by atoms with E-state index in [0.29, 0.717) is 25.3 Å². The molecule has 0 aliphatic carbocycles. The van der Waals surface area contributed by atoms with E-state index < -0.39 is 17.9 Å². The van der Waals surface area contributed by atoms with E-state index in [0.717, 1.165) is 6.07 Å². The fourth-order valence-electron chi connectivity index (χ4n) is 2.64. The lowest BCUT2D eigenvalue weighted by atomic mass is 10.1. The summed E-state index contributed by atoms with van der Waals surface area (Å²) in [5.74, 6) is -0.0397. The molecule has 8 heteroatoms. The van der Waals surface area contributed by atoms with Crippen LogP contribution in [0, 0.1) is 0 Å². The number of hydrogen-bond acceptors (Lipinski definition) is 4. The number of hydrogen-bond donors (Lipinski definition) is 1. The van der Waals surface area contributed by atoms with Gasteiger partial charge in [-0.1, -0.05) is 6.58 Å². The lowest BCUT2D eigenvalue weighted by Gasteiger charge is -2.43. The summed E-state index contributed by atoms with van der Waals surface area (Å²) in [5.41, 5.74) is -0.627. The Labute approximate surface area is 119 Å². The number of carbonyl (C=O) groups excluding carboxylic acids is 1. The number of halogens is 3. The van der Waals surface area contributed by atoms with Crippen molar-refractivity contribution in [2.24, 2.45) is 0 Å². The highest BCUT2D eigenvalue weighted by Crippen LogP contribution is 2.38. The van der Waals surface area contributed by atoms with Gasteiger partial charge >= 0.3 is 6.18 Å². The largest absolute Gasteiger partial charge is 0.433 e. The Bertz CT molecular complexity index is 602. The van der Waals surface area contributed by atoms with Crippen LogP contribution in [-0.2, 0) is 11.0 Å². The summed E-state index contributed by atoms with van der Waals surface area (Å²) in [7, 11) is 0. The molecule has 0 radical (unpaired) electrons. The maximum absolute atomic E-state index is 12.8. The molecule has 5 nitrogen and oxygen atoms in total. The molecule has 1 N–H and O–H groups in total. The van der Waals surface area contributed by atoms with Gasteiger partial charge in [-0.25, -0.2) is 4.98 Å². The van der Waals surface area contributed by atoms with Crippen LogP contribution in [0.4, 0.5) is 24.7 Å². The number of pyridine rings is 1. The fraction of sp³-hybridized carbons (Fsp3) is 0.385. The van der Waals surface area contributed by atoms with Gasteiger partial charge in [0.1, 0.15) is 11.7 Å². The van der Waals surface area contributed by atoms with Crippen LogP contribution in [0.3, 0.4) is 0 Å². The van der Waals surface area contributed by atoms with Crippen molar-refractivity contribution in [3.63, 3.8) is 0 Å². The first-order valence-electron chi connectivity index (χ1n) is 6.44. The van der Waals surface area contributed by atoms with Gasteiger partial charge in [-0.2, -0.15) is 13.2 Å². The number of nitrogens with zero attached hydrogens (tertiary/aromatic N) is 3. The van der Waals surface area contributed by atoms with E-state index in [1.165, 1.54) is 17.2 Å². The van der Waals surface area contributed by atoms with Crippen LogP contribution in [0.2, 0.25) is 0 Å². The normalized spacial score (nSPS) is 21.9. The third-order valence-corrected chi connectivity index (χ3v) is 3.63. The van der Waals surface area contributed by atoms with Gasteiger partial charge in [0.25, 0.3) is 5.91 Å². The standard InChI is InChI=1S/C13H13F3N4O/c1-2-19-8-3-4-10(13(14,15)16)18-11(8)20-6-5-17-7-9(20)12(19)21/h2-4,9,17H,1,5-7H2. The molecule has 0 bridgehead atoms. The Balaban J connectivity index is 2.14. The molecule has 1 atom stereocenters. The molecule has 1 saturated heterocycles. The molecule has 21 heavy (non-hydrogen) atoms. The van der Waals surface area contributed by atoms with Gasteiger partial charge < -0.3 is 10.2 Å². The predicted molar refractivity (Wildman–Crippen MR) is 70.9 cm³/mol. The molecule has 0 saturated carbocycles. The van der Waals surface area contributed by atoms with Crippen LogP contribution in [0.25, 0.3) is 0 Å². The molecule has 2 aliphatic rings. The second kappa shape index (κ2) is 4.73. The van der Waals surface area contributed by atoms with Crippen LogP contribution < -0.4 is 15.1 Å². The predicted octanol–water partition coefficient (Wildman–Crippen LogP) is 1.37. The van der Waals surface area contributed by atoms with E-state index >= 15 is 0 Å². The molecule has 3 heterocycles. The molecule has 2 aliphatic heterocycles. The van der Waals surface area contributed by atoms with E-state index in [-0.39, 0.29) is 11.7 Å². The number of rotatable bonds is 1. The van der Waals surface area contributed by atoms with E-state index in [1.54, 1.807) is 4.90 Å². The van der Waals surface area contributed by atoms with Gasteiger partial charge in [0.05, 0.1) is 5.69 Å². The van der Waals surface area contributed by atoms with Crippen molar-refractivity contribution in [1.82, 2.24) is 10.3 Å². The highest BCUT2D eigenvalue weighted by atomic mass is 19.4. The Kier molecular flexibility index (Phi) is 3.12. The molecule has 3 rings (SSSR count). The summed E-state index contributed by atoms with van der Waals surface area (Å²) in [5, 5.41) is 3.06. The minimum atomic E-state index is -4.51. The number of aromatic nitrogens is 1. The summed E-state index contributed by atoms with van der Waals surface area (Å²) >= 11 is 0. The molecular weight excluding hydrogens is 285 g/mol. The molecule has 1 unspecified atom stereocenters.